The van der Waals surface area contributed by atoms with E-state index < -0.39 is 12.7 Å². The zero-order valence-corrected chi connectivity index (χ0v) is 17.1. The third-order valence-electron chi connectivity index (χ3n) is 4.93. The molecule has 0 saturated heterocycles. The predicted octanol–water partition coefficient (Wildman–Crippen LogP) is 4.91. The maximum absolute atomic E-state index is 12.7. The molecule has 1 amide bonds. The van der Waals surface area contributed by atoms with E-state index in [4.69, 9.17) is 4.74 Å². The van der Waals surface area contributed by atoms with Crippen LogP contribution in [-0.2, 0) is 11.3 Å². The molecule has 0 radical (unpaired) electrons. The molecule has 1 atom stereocenters. The van der Waals surface area contributed by atoms with E-state index >= 15 is 0 Å². The first-order valence-electron chi connectivity index (χ1n) is 9.49. The zero-order chi connectivity index (χ0) is 21.7. The number of nitrogens with zero attached hydrogens (tertiary/aromatic N) is 1. The molecule has 0 fully saturated rings. The molecular formula is C23H24F2N2O3. The van der Waals surface area contributed by atoms with Crippen molar-refractivity contribution in [3.63, 3.8) is 0 Å². The summed E-state index contributed by atoms with van der Waals surface area (Å²) in [5, 5.41) is 5.07. The highest BCUT2D eigenvalue weighted by Gasteiger charge is 2.19. The lowest BCUT2D eigenvalue weighted by Gasteiger charge is -2.24. The van der Waals surface area contributed by atoms with E-state index in [1.165, 1.54) is 13.2 Å². The fourth-order valence-electron chi connectivity index (χ4n) is 3.15. The highest BCUT2D eigenvalue weighted by Crippen LogP contribution is 2.30. The number of hydrogen-bond donors (Lipinski definition) is 1. The number of fused-ring (bicyclic) bond motifs is 1. The Morgan fingerprint density at radius 1 is 1.03 bits per heavy atom. The molecule has 0 saturated carbocycles. The van der Waals surface area contributed by atoms with E-state index in [9.17, 15) is 13.6 Å². The van der Waals surface area contributed by atoms with Crippen LogP contribution in [0, 0.1) is 0 Å². The van der Waals surface area contributed by atoms with Gasteiger partial charge < -0.3 is 14.8 Å². The summed E-state index contributed by atoms with van der Waals surface area (Å²) in [4.78, 5) is 14.5. The van der Waals surface area contributed by atoms with E-state index in [2.05, 4.69) is 10.1 Å². The van der Waals surface area contributed by atoms with Crippen molar-refractivity contribution < 1.29 is 23.0 Å². The molecule has 0 aliphatic carbocycles. The van der Waals surface area contributed by atoms with Gasteiger partial charge in [0, 0.05) is 12.2 Å². The molecule has 0 aromatic heterocycles. The van der Waals surface area contributed by atoms with Crippen molar-refractivity contribution in [2.45, 2.75) is 26.1 Å². The van der Waals surface area contributed by atoms with Gasteiger partial charge in [0.2, 0.25) is 5.91 Å². The minimum absolute atomic E-state index is 0.0355. The van der Waals surface area contributed by atoms with Crippen LogP contribution in [0.2, 0.25) is 0 Å². The van der Waals surface area contributed by atoms with Gasteiger partial charge in [-0.05, 0) is 54.6 Å². The van der Waals surface area contributed by atoms with E-state index in [1.807, 2.05) is 47.4 Å². The number of alkyl halides is 2. The number of amides is 1. The summed E-state index contributed by atoms with van der Waals surface area (Å²) in [6, 6.07) is 18.0. The number of anilines is 1. The van der Waals surface area contributed by atoms with Crippen molar-refractivity contribution in [1.82, 2.24) is 4.90 Å². The Morgan fingerprint density at radius 2 is 1.77 bits per heavy atom. The summed E-state index contributed by atoms with van der Waals surface area (Å²) in [6.07, 6.45) is 0. The van der Waals surface area contributed by atoms with Gasteiger partial charge in [0.15, 0.2) is 11.5 Å². The van der Waals surface area contributed by atoms with Gasteiger partial charge in [-0.1, -0.05) is 36.4 Å². The molecule has 158 valence electrons. The molecule has 5 nitrogen and oxygen atoms in total. The van der Waals surface area contributed by atoms with Crippen LogP contribution in [0.3, 0.4) is 0 Å². The Kier molecular flexibility index (Phi) is 6.84. The van der Waals surface area contributed by atoms with Crippen molar-refractivity contribution in [2.75, 3.05) is 19.5 Å². The zero-order valence-electron chi connectivity index (χ0n) is 17.1. The normalized spacial score (nSPS) is 12.2. The number of ether oxygens (including phenoxy) is 2. The number of carbonyl (C=O) groups excluding carboxylic acids is 1. The maximum Gasteiger partial charge on any atom is 0.387 e. The van der Waals surface area contributed by atoms with Crippen molar-refractivity contribution >= 4 is 22.4 Å². The number of halogens is 2. The lowest BCUT2D eigenvalue weighted by Crippen LogP contribution is -2.39. The third-order valence-corrected chi connectivity index (χ3v) is 4.93. The van der Waals surface area contributed by atoms with E-state index in [-0.39, 0.29) is 17.4 Å². The number of hydrogen-bond acceptors (Lipinski definition) is 4. The molecule has 3 aromatic carbocycles. The van der Waals surface area contributed by atoms with E-state index in [1.54, 1.807) is 26.1 Å². The molecule has 0 bridgehead atoms. The van der Waals surface area contributed by atoms with Crippen LogP contribution in [0.5, 0.6) is 11.5 Å². The summed E-state index contributed by atoms with van der Waals surface area (Å²) in [5.41, 5.74) is 1.44. The Morgan fingerprint density at radius 3 is 2.47 bits per heavy atom. The first-order valence-corrected chi connectivity index (χ1v) is 9.49. The predicted molar refractivity (Wildman–Crippen MR) is 113 cm³/mol. The van der Waals surface area contributed by atoms with E-state index in [0.717, 1.165) is 22.0 Å². The lowest BCUT2D eigenvalue weighted by atomic mass is 10.1. The Labute approximate surface area is 174 Å². The van der Waals surface area contributed by atoms with Gasteiger partial charge in [-0.15, -0.1) is 0 Å². The summed E-state index contributed by atoms with van der Waals surface area (Å²) < 4.78 is 34.8. The van der Waals surface area contributed by atoms with Crippen LogP contribution in [0.1, 0.15) is 12.5 Å². The highest BCUT2D eigenvalue weighted by atomic mass is 19.3. The Hall–Kier alpha value is -3.19. The van der Waals surface area contributed by atoms with Crippen molar-refractivity contribution in [1.29, 1.82) is 0 Å². The molecule has 0 aliphatic rings. The van der Waals surface area contributed by atoms with Crippen LogP contribution in [-0.4, -0.2) is 37.6 Å². The fraction of sp³-hybridized carbons (Fsp3) is 0.261. The molecule has 0 spiro atoms. The van der Waals surface area contributed by atoms with Crippen LogP contribution >= 0.6 is 0 Å². The summed E-state index contributed by atoms with van der Waals surface area (Å²) >= 11 is 0. The standard InChI is InChI=1S/C23H24F2N2O3/c1-15(22(28)26-19-10-9-17-6-4-5-7-18(17)13-19)27(2)14-16-8-11-20(29-3)21(12-16)30-23(24)25/h4-13,15,23H,14H2,1-3H3,(H,26,28). The van der Waals surface area contributed by atoms with E-state index in [0.29, 0.717) is 6.54 Å². The summed E-state index contributed by atoms with van der Waals surface area (Å²) in [7, 11) is 3.18. The Balaban J connectivity index is 1.67. The van der Waals surface area contributed by atoms with Gasteiger partial charge >= 0.3 is 6.61 Å². The second kappa shape index (κ2) is 9.54. The quantitative estimate of drug-likeness (QED) is 0.569. The molecule has 7 heteroatoms. The topological polar surface area (TPSA) is 50.8 Å². The SMILES string of the molecule is COc1ccc(CN(C)C(C)C(=O)Nc2ccc3ccccc3c2)cc1OC(F)F. The second-order valence-electron chi connectivity index (χ2n) is 7.01. The number of methoxy groups -OCH3 is 1. The maximum atomic E-state index is 12.7. The molecule has 30 heavy (non-hydrogen) atoms. The first-order chi connectivity index (χ1) is 14.4. The van der Waals surface area contributed by atoms with Crippen molar-refractivity contribution in [3.05, 3.63) is 66.2 Å². The Bertz CT molecular complexity index is 1030. The van der Waals surface area contributed by atoms with Crippen molar-refractivity contribution in [2.24, 2.45) is 0 Å². The third kappa shape index (κ3) is 5.24. The largest absolute Gasteiger partial charge is 0.493 e. The fourth-order valence-corrected chi connectivity index (χ4v) is 3.15. The number of carbonyl (C=O) groups is 1. The highest BCUT2D eigenvalue weighted by molar-refractivity contribution is 5.97. The lowest BCUT2D eigenvalue weighted by molar-refractivity contribution is -0.120. The van der Waals surface area contributed by atoms with Crippen LogP contribution < -0.4 is 14.8 Å². The monoisotopic (exact) mass is 414 g/mol. The number of rotatable bonds is 8. The van der Waals surface area contributed by atoms with Gasteiger partial charge in [-0.3, -0.25) is 9.69 Å². The number of nitrogens with one attached hydrogen (secondary N) is 1. The number of benzene rings is 3. The van der Waals surface area contributed by atoms with Crippen molar-refractivity contribution in [3.8, 4) is 11.5 Å². The summed E-state index contributed by atoms with van der Waals surface area (Å²) in [6.45, 7) is -0.787. The van der Waals surface area contributed by atoms with Gasteiger partial charge in [-0.2, -0.15) is 8.78 Å². The summed E-state index contributed by atoms with van der Waals surface area (Å²) in [5.74, 6) is 0.0285. The first kappa shape index (κ1) is 21.5. The molecule has 3 rings (SSSR count). The second-order valence-corrected chi connectivity index (χ2v) is 7.01. The molecular weight excluding hydrogens is 390 g/mol. The van der Waals surface area contributed by atoms with Gasteiger partial charge in [-0.25, -0.2) is 0 Å². The van der Waals surface area contributed by atoms with Gasteiger partial charge in [0.05, 0.1) is 13.2 Å². The van der Waals surface area contributed by atoms with Crippen LogP contribution in [0.4, 0.5) is 14.5 Å². The molecule has 0 aliphatic heterocycles. The van der Waals surface area contributed by atoms with Crippen LogP contribution in [0.15, 0.2) is 60.7 Å². The molecule has 0 heterocycles. The van der Waals surface area contributed by atoms with Gasteiger partial charge in [0.25, 0.3) is 0 Å². The molecule has 3 aromatic rings. The van der Waals surface area contributed by atoms with Crippen LogP contribution in [0.25, 0.3) is 10.8 Å². The molecule has 1 N–H and O–H groups in total. The average Bonchev–Trinajstić information content (AvgIpc) is 2.72. The molecule has 1 unspecified atom stereocenters. The van der Waals surface area contributed by atoms with Gasteiger partial charge in [0.1, 0.15) is 0 Å². The number of likely N-dealkylation sites (N-methyl/N-ethyl adjacent to an activating group) is 1. The average molecular weight is 414 g/mol. The smallest absolute Gasteiger partial charge is 0.387 e. The minimum atomic E-state index is -2.95. The minimum Gasteiger partial charge on any atom is -0.493 e.